The molecular weight excluding hydrogens is 282 g/mol. The molecule has 0 spiro atoms. The maximum absolute atomic E-state index is 5.59. The highest BCUT2D eigenvalue weighted by molar-refractivity contribution is 9.10. The van der Waals surface area contributed by atoms with Crippen LogP contribution in [0.15, 0.2) is 34.9 Å². The third kappa shape index (κ3) is 2.91. The van der Waals surface area contributed by atoms with Crippen LogP contribution in [0.3, 0.4) is 0 Å². The number of nitrogens with zero attached hydrogens (tertiary/aromatic N) is 3. The van der Waals surface area contributed by atoms with Gasteiger partial charge in [0, 0.05) is 11.5 Å². The van der Waals surface area contributed by atoms with Crippen LogP contribution in [0.1, 0.15) is 17.3 Å². The zero-order valence-electron chi connectivity index (χ0n) is 9.47. The van der Waals surface area contributed by atoms with Crippen LogP contribution in [0, 0.1) is 0 Å². The molecule has 5 nitrogen and oxygen atoms in total. The topological polar surface area (TPSA) is 68.8 Å². The second kappa shape index (κ2) is 5.39. The fourth-order valence-electron chi connectivity index (χ4n) is 1.76. The van der Waals surface area contributed by atoms with Gasteiger partial charge in [0.1, 0.15) is 0 Å². The molecule has 0 bridgehead atoms. The Morgan fingerprint density at radius 2 is 2.35 bits per heavy atom. The van der Waals surface area contributed by atoms with Crippen molar-refractivity contribution in [1.82, 2.24) is 20.4 Å². The molecule has 3 N–H and O–H groups in total. The molecule has 2 rings (SSSR count). The van der Waals surface area contributed by atoms with Gasteiger partial charge in [-0.05, 0) is 24.1 Å². The number of hydrazine groups is 1. The molecule has 1 heterocycles. The predicted octanol–water partition coefficient (Wildman–Crippen LogP) is 1.32. The first kappa shape index (κ1) is 12.2. The zero-order chi connectivity index (χ0) is 12.3. The maximum Gasteiger partial charge on any atom is 0.0770 e. The van der Waals surface area contributed by atoms with E-state index in [0.29, 0.717) is 0 Å². The average Bonchev–Trinajstić information content (AvgIpc) is 2.72. The monoisotopic (exact) mass is 295 g/mol. The first-order chi connectivity index (χ1) is 8.20. The van der Waals surface area contributed by atoms with Gasteiger partial charge in [0.25, 0.3) is 0 Å². The Kier molecular flexibility index (Phi) is 3.88. The third-order valence-electron chi connectivity index (χ3n) is 2.64. The molecule has 0 aliphatic carbocycles. The number of benzene rings is 1. The van der Waals surface area contributed by atoms with Crippen molar-refractivity contribution in [2.24, 2.45) is 12.9 Å². The molecule has 0 radical (unpaired) electrons. The molecule has 1 atom stereocenters. The molecular formula is C11H14BrN5. The minimum atomic E-state index is 0.00398. The van der Waals surface area contributed by atoms with Gasteiger partial charge in [-0.1, -0.05) is 33.3 Å². The van der Waals surface area contributed by atoms with E-state index in [-0.39, 0.29) is 6.04 Å². The molecule has 0 aliphatic rings. The van der Waals surface area contributed by atoms with E-state index in [1.54, 1.807) is 10.9 Å². The van der Waals surface area contributed by atoms with Gasteiger partial charge in [0.05, 0.1) is 17.9 Å². The van der Waals surface area contributed by atoms with Gasteiger partial charge in [-0.25, -0.2) is 0 Å². The lowest BCUT2D eigenvalue weighted by molar-refractivity contribution is 0.507. The SMILES string of the molecule is Cn1nncc1C(Cc1cccc(Br)c1)NN. The van der Waals surface area contributed by atoms with Crippen molar-refractivity contribution in [2.45, 2.75) is 12.5 Å². The van der Waals surface area contributed by atoms with Crippen molar-refractivity contribution >= 4 is 15.9 Å². The Morgan fingerprint density at radius 3 is 2.94 bits per heavy atom. The molecule has 2 aromatic rings. The Morgan fingerprint density at radius 1 is 1.53 bits per heavy atom. The van der Waals surface area contributed by atoms with E-state index in [1.807, 2.05) is 19.2 Å². The highest BCUT2D eigenvalue weighted by atomic mass is 79.9. The van der Waals surface area contributed by atoms with Crippen molar-refractivity contribution in [3.63, 3.8) is 0 Å². The summed E-state index contributed by atoms with van der Waals surface area (Å²) in [5.74, 6) is 5.59. The van der Waals surface area contributed by atoms with Crippen LogP contribution >= 0.6 is 15.9 Å². The number of hydrogen-bond acceptors (Lipinski definition) is 4. The minimum Gasteiger partial charge on any atom is -0.271 e. The second-order valence-electron chi connectivity index (χ2n) is 3.84. The van der Waals surface area contributed by atoms with Crippen molar-refractivity contribution in [2.75, 3.05) is 0 Å². The largest absolute Gasteiger partial charge is 0.271 e. The number of hydrogen-bond donors (Lipinski definition) is 2. The minimum absolute atomic E-state index is 0.00398. The van der Waals surface area contributed by atoms with E-state index in [4.69, 9.17) is 5.84 Å². The predicted molar refractivity (Wildman–Crippen MR) is 68.9 cm³/mol. The highest BCUT2D eigenvalue weighted by Gasteiger charge is 2.14. The quantitative estimate of drug-likeness (QED) is 0.659. The molecule has 1 aromatic heterocycles. The van der Waals surface area contributed by atoms with E-state index < -0.39 is 0 Å². The van der Waals surface area contributed by atoms with Gasteiger partial charge in [-0.2, -0.15) is 0 Å². The fourth-order valence-corrected chi connectivity index (χ4v) is 2.21. The van der Waals surface area contributed by atoms with Crippen LogP contribution < -0.4 is 11.3 Å². The van der Waals surface area contributed by atoms with Gasteiger partial charge in [0.2, 0.25) is 0 Å². The molecule has 90 valence electrons. The summed E-state index contributed by atoms with van der Waals surface area (Å²) >= 11 is 3.46. The van der Waals surface area contributed by atoms with Crippen LogP contribution in [0.25, 0.3) is 0 Å². The number of nitrogens with two attached hydrogens (primary N) is 1. The molecule has 0 fully saturated rings. The molecule has 17 heavy (non-hydrogen) atoms. The average molecular weight is 296 g/mol. The van der Waals surface area contributed by atoms with Crippen molar-refractivity contribution < 1.29 is 0 Å². The molecule has 0 saturated carbocycles. The second-order valence-corrected chi connectivity index (χ2v) is 4.75. The Bertz CT molecular complexity index is 496. The summed E-state index contributed by atoms with van der Waals surface area (Å²) in [7, 11) is 1.85. The summed E-state index contributed by atoms with van der Waals surface area (Å²) in [5.41, 5.74) is 4.96. The lowest BCUT2D eigenvalue weighted by atomic mass is 10.0. The van der Waals surface area contributed by atoms with E-state index in [9.17, 15) is 0 Å². The Hall–Kier alpha value is -1.24. The lowest BCUT2D eigenvalue weighted by Gasteiger charge is -2.15. The molecule has 0 saturated heterocycles. The molecule has 6 heteroatoms. The molecule has 1 aromatic carbocycles. The van der Waals surface area contributed by atoms with Gasteiger partial charge in [-0.3, -0.25) is 16.0 Å². The fraction of sp³-hybridized carbons (Fsp3) is 0.273. The first-order valence-corrected chi connectivity index (χ1v) is 6.05. The smallest absolute Gasteiger partial charge is 0.0770 e. The zero-order valence-corrected chi connectivity index (χ0v) is 11.1. The van der Waals surface area contributed by atoms with Crippen LogP contribution in [0.5, 0.6) is 0 Å². The number of rotatable bonds is 4. The normalized spacial score (nSPS) is 12.6. The molecule has 0 amide bonds. The summed E-state index contributed by atoms with van der Waals surface area (Å²) < 4.78 is 2.79. The summed E-state index contributed by atoms with van der Waals surface area (Å²) in [4.78, 5) is 0. The highest BCUT2D eigenvalue weighted by Crippen LogP contribution is 2.19. The van der Waals surface area contributed by atoms with Crippen LogP contribution in [-0.4, -0.2) is 15.0 Å². The summed E-state index contributed by atoms with van der Waals surface area (Å²) in [5, 5.41) is 7.76. The van der Waals surface area contributed by atoms with Gasteiger partial charge >= 0.3 is 0 Å². The van der Waals surface area contributed by atoms with Gasteiger partial charge in [-0.15, -0.1) is 5.10 Å². The van der Waals surface area contributed by atoms with Gasteiger partial charge < -0.3 is 0 Å². The third-order valence-corrected chi connectivity index (χ3v) is 3.13. The van der Waals surface area contributed by atoms with E-state index in [1.165, 1.54) is 5.56 Å². The molecule has 0 aliphatic heterocycles. The number of aryl methyl sites for hydroxylation is 1. The van der Waals surface area contributed by atoms with E-state index in [2.05, 4.69) is 43.8 Å². The standard InChI is InChI=1S/C11H14BrN5/c1-17-11(7-14-16-17)10(15-13)6-8-3-2-4-9(12)5-8/h2-5,7,10,15H,6,13H2,1H3. The maximum atomic E-state index is 5.59. The first-order valence-electron chi connectivity index (χ1n) is 5.26. The number of halogens is 1. The Labute approximate surface area is 108 Å². The number of aromatic nitrogens is 3. The lowest BCUT2D eigenvalue weighted by Crippen LogP contribution is -2.31. The summed E-state index contributed by atoms with van der Waals surface area (Å²) in [6.07, 6.45) is 2.51. The number of nitrogens with one attached hydrogen (secondary N) is 1. The van der Waals surface area contributed by atoms with Crippen LogP contribution in [0.2, 0.25) is 0 Å². The summed E-state index contributed by atoms with van der Waals surface area (Å²) in [6.45, 7) is 0. The van der Waals surface area contributed by atoms with Crippen molar-refractivity contribution in [1.29, 1.82) is 0 Å². The van der Waals surface area contributed by atoms with Crippen LogP contribution in [-0.2, 0) is 13.5 Å². The van der Waals surface area contributed by atoms with E-state index in [0.717, 1.165) is 16.6 Å². The van der Waals surface area contributed by atoms with E-state index >= 15 is 0 Å². The van der Waals surface area contributed by atoms with Gasteiger partial charge in [0.15, 0.2) is 0 Å². The van der Waals surface area contributed by atoms with Crippen molar-refractivity contribution in [3.8, 4) is 0 Å². The van der Waals surface area contributed by atoms with Crippen LogP contribution in [0.4, 0.5) is 0 Å². The molecule has 1 unspecified atom stereocenters. The Balaban J connectivity index is 2.19. The van der Waals surface area contributed by atoms with Crippen molar-refractivity contribution in [3.05, 3.63) is 46.2 Å². The summed E-state index contributed by atoms with van der Waals surface area (Å²) in [6, 6.07) is 8.16.